The zero-order valence-corrected chi connectivity index (χ0v) is 11.3. The molecule has 1 aliphatic carbocycles. The minimum Gasteiger partial charge on any atom is -0.291 e. The Morgan fingerprint density at radius 1 is 1.33 bits per heavy atom. The van der Waals surface area contributed by atoms with Gasteiger partial charge in [-0.15, -0.1) is 22.9 Å². The van der Waals surface area contributed by atoms with Gasteiger partial charge in [-0.05, 0) is 24.3 Å². The lowest BCUT2D eigenvalue weighted by atomic mass is 10.1. The third-order valence-electron chi connectivity index (χ3n) is 3.12. The molecule has 0 aliphatic heterocycles. The van der Waals surface area contributed by atoms with Crippen LogP contribution in [0.5, 0.6) is 0 Å². The van der Waals surface area contributed by atoms with E-state index in [9.17, 15) is 4.79 Å². The van der Waals surface area contributed by atoms with Crippen molar-refractivity contribution in [1.82, 2.24) is 4.98 Å². The van der Waals surface area contributed by atoms with Crippen LogP contribution in [-0.2, 0) is 0 Å². The van der Waals surface area contributed by atoms with E-state index in [1.54, 1.807) is 5.38 Å². The molecule has 1 aromatic carbocycles. The van der Waals surface area contributed by atoms with E-state index in [0.717, 1.165) is 16.5 Å². The molecule has 0 amide bonds. The Morgan fingerprint density at radius 3 is 2.67 bits per heavy atom. The quantitative estimate of drug-likeness (QED) is 0.622. The Hall–Kier alpha value is -1.19. The maximum absolute atomic E-state index is 11.4. The average molecular weight is 278 g/mol. The third-order valence-corrected chi connectivity index (χ3v) is 4.25. The molecule has 0 saturated heterocycles. The van der Waals surface area contributed by atoms with Crippen LogP contribution in [0.15, 0.2) is 29.6 Å². The maximum Gasteiger partial charge on any atom is 0.196 e. The number of nitrogens with zero attached hydrogens (tertiary/aromatic N) is 1. The standard InChI is InChI=1S/C14H12ClNOS/c15-7-13(17)12-8-18-14(16-12)11-5-3-10(4-6-11)9-1-2-9/h3-6,8-9H,1-2,7H2. The van der Waals surface area contributed by atoms with Crippen molar-refractivity contribution in [3.63, 3.8) is 0 Å². The Labute approximate surface area is 115 Å². The van der Waals surface area contributed by atoms with Crippen LogP contribution >= 0.6 is 22.9 Å². The molecule has 0 bridgehead atoms. The van der Waals surface area contributed by atoms with Crippen molar-refractivity contribution in [2.24, 2.45) is 0 Å². The first-order chi connectivity index (χ1) is 8.78. The van der Waals surface area contributed by atoms with Gasteiger partial charge in [0.15, 0.2) is 5.78 Å². The largest absolute Gasteiger partial charge is 0.291 e. The Kier molecular flexibility index (Phi) is 3.18. The van der Waals surface area contributed by atoms with Gasteiger partial charge < -0.3 is 0 Å². The topological polar surface area (TPSA) is 30.0 Å². The fourth-order valence-corrected chi connectivity index (χ4v) is 2.88. The van der Waals surface area contributed by atoms with Gasteiger partial charge in [0.1, 0.15) is 10.7 Å². The number of thiazole rings is 1. The van der Waals surface area contributed by atoms with Gasteiger partial charge in [0.05, 0.1) is 5.88 Å². The molecule has 1 fully saturated rings. The van der Waals surface area contributed by atoms with Gasteiger partial charge in [-0.1, -0.05) is 24.3 Å². The van der Waals surface area contributed by atoms with Crippen LogP contribution in [0.4, 0.5) is 0 Å². The monoisotopic (exact) mass is 277 g/mol. The van der Waals surface area contributed by atoms with Crippen molar-refractivity contribution in [2.75, 3.05) is 5.88 Å². The van der Waals surface area contributed by atoms with Crippen LogP contribution in [0.25, 0.3) is 10.6 Å². The number of rotatable bonds is 4. The van der Waals surface area contributed by atoms with Gasteiger partial charge in [0.25, 0.3) is 0 Å². The average Bonchev–Trinajstić information content (AvgIpc) is 3.15. The van der Waals surface area contributed by atoms with Gasteiger partial charge >= 0.3 is 0 Å². The molecule has 0 radical (unpaired) electrons. The van der Waals surface area contributed by atoms with Gasteiger partial charge in [0, 0.05) is 10.9 Å². The Bertz CT molecular complexity index is 572. The molecule has 0 spiro atoms. The molecule has 1 aliphatic rings. The summed E-state index contributed by atoms with van der Waals surface area (Å²) in [6, 6.07) is 8.50. The van der Waals surface area contributed by atoms with E-state index >= 15 is 0 Å². The summed E-state index contributed by atoms with van der Waals surface area (Å²) >= 11 is 7.01. The zero-order chi connectivity index (χ0) is 12.5. The number of ketones is 1. The van der Waals surface area contributed by atoms with E-state index in [-0.39, 0.29) is 11.7 Å². The number of hydrogen-bond acceptors (Lipinski definition) is 3. The Balaban J connectivity index is 1.85. The van der Waals surface area contributed by atoms with Crippen LogP contribution < -0.4 is 0 Å². The second-order valence-corrected chi connectivity index (χ2v) is 5.62. The van der Waals surface area contributed by atoms with E-state index in [1.165, 1.54) is 29.7 Å². The Morgan fingerprint density at radius 2 is 2.06 bits per heavy atom. The molecule has 2 aromatic rings. The molecule has 92 valence electrons. The van der Waals surface area contributed by atoms with Crippen LogP contribution in [-0.4, -0.2) is 16.6 Å². The van der Waals surface area contributed by atoms with Crippen LogP contribution in [0.1, 0.15) is 34.8 Å². The van der Waals surface area contributed by atoms with Crippen molar-refractivity contribution >= 4 is 28.7 Å². The molecule has 1 heterocycles. The summed E-state index contributed by atoms with van der Waals surface area (Å²) in [6.45, 7) is 0. The lowest BCUT2D eigenvalue weighted by Crippen LogP contribution is -1.99. The third kappa shape index (κ3) is 2.33. The summed E-state index contributed by atoms with van der Waals surface area (Å²) < 4.78 is 0. The molecule has 0 N–H and O–H groups in total. The number of carbonyl (C=O) groups excluding carboxylic acids is 1. The van der Waals surface area contributed by atoms with Crippen molar-refractivity contribution in [1.29, 1.82) is 0 Å². The van der Waals surface area contributed by atoms with Gasteiger partial charge in [-0.2, -0.15) is 0 Å². The van der Waals surface area contributed by atoms with E-state index < -0.39 is 0 Å². The summed E-state index contributed by atoms with van der Waals surface area (Å²) in [5.74, 6) is 0.640. The number of alkyl halides is 1. The van der Waals surface area contributed by atoms with Crippen molar-refractivity contribution in [2.45, 2.75) is 18.8 Å². The minimum absolute atomic E-state index is 0.0101. The van der Waals surface area contributed by atoms with E-state index in [2.05, 4.69) is 29.2 Å². The summed E-state index contributed by atoms with van der Waals surface area (Å²) in [5, 5.41) is 2.65. The highest BCUT2D eigenvalue weighted by molar-refractivity contribution is 7.13. The first kappa shape index (κ1) is 11.9. The first-order valence-corrected chi connectivity index (χ1v) is 7.34. The first-order valence-electron chi connectivity index (χ1n) is 5.93. The highest BCUT2D eigenvalue weighted by Gasteiger charge is 2.23. The number of benzene rings is 1. The fraction of sp³-hybridized carbons (Fsp3) is 0.286. The highest BCUT2D eigenvalue weighted by Crippen LogP contribution is 2.40. The van der Waals surface area contributed by atoms with Gasteiger partial charge in [-0.25, -0.2) is 4.98 Å². The van der Waals surface area contributed by atoms with E-state index in [0.29, 0.717) is 5.69 Å². The lowest BCUT2D eigenvalue weighted by molar-refractivity contribution is 0.101. The number of carbonyl (C=O) groups is 1. The summed E-state index contributed by atoms with van der Waals surface area (Å²) in [7, 11) is 0. The normalized spacial score (nSPS) is 14.7. The predicted octanol–water partition coefficient (Wildman–Crippen LogP) is 4.11. The molecule has 18 heavy (non-hydrogen) atoms. The van der Waals surface area contributed by atoms with Gasteiger partial charge in [-0.3, -0.25) is 4.79 Å². The summed E-state index contributed by atoms with van der Waals surface area (Å²) in [5.41, 5.74) is 2.95. The summed E-state index contributed by atoms with van der Waals surface area (Å²) in [4.78, 5) is 15.7. The highest BCUT2D eigenvalue weighted by atomic mass is 35.5. The number of halogens is 1. The van der Waals surface area contributed by atoms with Crippen LogP contribution in [0, 0.1) is 0 Å². The van der Waals surface area contributed by atoms with Gasteiger partial charge in [0.2, 0.25) is 0 Å². The minimum atomic E-state index is -0.117. The second-order valence-electron chi connectivity index (χ2n) is 4.49. The SMILES string of the molecule is O=C(CCl)c1csc(-c2ccc(C3CC3)cc2)n1. The van der Waals surface area contributed by atoms with Crippen LogP contribution in [0.2, 0.25) is 0 Å². The molecule has 1 saturated carbocycles. The molecule has 1 aromatic heterocycles. The van der Waals surface area contributed by atoms with E-state index in [4.69, 9.17) is 11.6 Å². The number of aromatic nitrogens is 1. The smallest absolute Gasteiger partial charge is 0.196 e. The van der Waals surface area contributed by atoms with Crippen LogP contribution in [0.3, 0.4) is 0 Å². The molecule has 2 nitrogen and oxygen atoms in total. The van der Waals surface area contributed by atoms with Crippen molar-refractivity contribution < 1.29 is 4.79 Å². The maximum atomic E-state index is 11.4. The van der Waals surface area contributed by atoms with E-state index in [1.807, 2.05) is 0 Å². The summed E-state index contributed by atoms with van der Waals surface area (Å²) in [6.07, 6.45) is 2.62. The molecule has 3 rings (SSSR count). The molecular weight excluding hydrogens is 266 g/mol. The number of Topliss-reactive ketones (excluding diaryl/α,β-unsaturated/α-hetero) is 1. The predicted molar refractivity (Wildman–Crippen MR) is 74.6 cm³/mol. The lowest BCUT2D eigenvalue weighted by Gasteiger charge is -1.99. The van der Waals surface area contributed by atoms with Crippen molar-refractivity contribution in [3.05, 3.63) is 40.9 Å². The van der Waals surface area contributed by atoms with Crippen molar-refractivity contribution in [3.8, 4) is 10.6 Å². The molecule has 0 unspecified atom stereocenters. The fourth-order valence-electron chi connectivity index (χ4n) is 1.92. The molecule has 0 atom stereocenters. The number of hydrogen-bond donors (Lipinski definition) is 0. The molecule has 4 heteroatoms. The second kappa shape index (κ2) is 4.82. The molecular formula is C14H12ClNOS. The zero-order valence-electron chi connectivity index (χ0n) is 9.73.